The molecule has 0 spiro atoms. The summed E-state index contributed by atoms with van der Waals surface area (Å²) in [6.07, 6.45) is 0. The highest BCUT2D eigenvalue weighted by molar-refractivity contribution is 7.84. The lowest BCUT2D eigenvalue weighted by atomic mass is 10.2. The summed E-state index contributed by atoms with van der Waals surface area (Å²) in [4.78, 5) is 0.753. The van der Waals surface area contributed by atoms with E-state index in [1.54, 1.807) is 49.6 Å². The molecule has 1 unspecified atom stereocenters. The van der Waals surface area contributed by atoms with E-state index in [0.717, 1.165) is 16.2 Å². The summed E-state index contributed by atoms with van der Waals surface area (Å²) in [5.74, 6) is 1.15. The zero-order valence-electron chi connectivity index (χ0n) is 10.5. The quantitative estimate of drug-likeness (QED) is 0.859. The Balaban J connectivity index is 2.13. The zero-order chi connectivity index (χ0) is 13.7. The molecular formula is C15H13NO2S. The molecule has 0 aliphatic heterocycles. The zero-order valence-corrected chi connectivity index (χ0v) is 11.3. The van der Waals surface area contributed by atoms with Crippen LogP contribution < -0.4 is 4.74 Å². The number of rotatable bonds is 4. The van der Waals surface area contributed by atoms with E-state index in [1.807, 2.05) is 6.07 Å². The van der Waals surface area contributed by atoms with E-state index in [2.05, 4.69) is 6.07 Å². The summed E-state index contributed by atoms with van der Waals surface area (Å²) in [7, 11) is 0.477. The van der Waals surface area contributed by atoms with Gasteiger partial charge in [0.1, 0.15) is 5.75 Å². The highest BCUT2D eigenvalue weighted by atomic mass is 32.2. The lowest BCUT2D eigenvalue weighted by Gasteiger charge is -2.04. The van der Waals surface area contributed by atoms with Crippen LogP contribution >= 0.6 is 0 Å². The van der Waals surface area contributed by atoms with Gasteiger partial charge in [-0.2, -0.15) is 5.26 Å². The highest BCUT2D eigenvalue weighted by Crippen LogP contribution is 2.17. The number of nitriles is 1. The van der Waals surface area contributed by atoms with Gasteiger partial charge in [-0.15, -0.1) is 0 Å². The van der Waals surface area contributed by atoms with Crippen molar-refractivity contribution in [1.29, 1.82) is 5.26 Å². The minimum Gasteiger partial charge on any atom is -0.497 e. The van der Waals surface area contributed by atoms with Crippen molar-refractivity contribution in [1.82, 2.24) is 0 Å². The van der Waals surface area contributed by atoms with Gasteiger partial charge in [-0.05, 0) is 42.0 Å². The van der Waals surface area contributed by atoms with E-state index in [0.29, 0.717) is 11.3 Å². The number of benzene rings is 2. The fourth-order valence-corrected chi connectivity index (χ4v) is 2.78. The van der Waals surface area contributed by atoms with Gasteiger partial charge in [-0.1, -0.05) is 12.1 Å². The molecule has 96 valence electrons. The van der Waals surface area contributed by atoms with Crippen molar-refractivity contribution in [3.05, 3.63) is 59.7 Å². The average molecular weight is 271 g/mol. The predicted molar refractivity (Wildman–Crippen MR) is 74.3 cm³/mol. The molecular weight excluding hydrogens is 258 g/mol. The van der Waals surface area contributed by atoms with Crippen LogP contribution in [0.2, 0.25) is 0 Å². The van der Waals surface area contributed by atoms with Crippen LogP contribution in [0.3, 0.4) is 0 Å². The molecule has 0 aliphatic rings. The van der Waals surface area contributed by atoms with Crippen molar-refractivity contribution in [2.75, 3.05) is 7.11 Å². The van der Waals surface area contributed by atoms with Crippen molar-refractivity contribution < 1.29 is 8.95 Å². The third-order valence-electron chi connectivity index (χ3n) is 2.68. The molecule has 0 N–H and O–H groups in total. The molecule has 2 aromatic rings. The molecule has 19 heavy (non-hydrogen) atoms. The molecule has 0 saturated carbocycles. The molecule has 0 bridgehead atoms. The molecule has 0 amide bonds. The van der Waals surface area contributed by atoms with Crippen molar-refractivity contribution in [2.45, 2.75) is 10.6 Å². The van der Waals surface area contributed by atoms with Crippen molar-refractivity contribution >= 4 is 10.8 Å². The summed E-state index contributed by atoms with van der Waals surface area (Å²) in [6, 6.07) is 16.4. The van der Waals surface area contributed by atoms with Gasteiger partial charge in [0.05, 0.1) is 35.3 Å². The normalized spacial score (nSPS) is 11.6. The van der Waals surface area contributed by atoms with Gasteiger partial charge in [-0.3, -0.25) is 4.21 Å². The fourth-order valence-electron chi connectivity index (χ4n) is 1.69. The molecule has 2 rings (SSSR count). The first-order chi connectivity index (χ1) is 9.22. The Bertz CT molecular complexity index is 629. The molecule has 3 nitrogen and oxygen atoms in total. The van der Waals surface area contributed by atoms with Crippen molar-refractivity contribution in [3.63, 3.8) is 0 Å². The van der Waals surface area contributed by atoms with Crippen LogP contribution in [-0.4, -0.2) is 11.3 Å². The van der Waals surface area contributed by atoms with Gasteiger partial charge in [0, 0.05) is 4.90 Å². The van der Waals surface area contributed by atoms with E-state index in [-0.39, 0.29) is 0 Å². The van der Waals surface area contributed by atoms with Crippen molar-refractivity contribution in [2.24, 2.45) is 0 Å². The van der Waals surface area contributed by atoms with Gasteiger partial charge in [0.15, 0.2) is 0 Å². The van der Waals surface area contributed by atoms with Crippen LogP contribution in [0.25, 0.3) is 0 Å². The molecule has 0 saturated heterocycles. The minimum atomic E-state index is -1.12. The second kappa shape index (κ2) is 6.17. The summed E-state index contributed by atoms with van der Waals surface area (Å²) in [6.45, 7) is 0. The van der Waals surface area contributed by atoms with E-state index < -0.39 is 10.8 Å². The summed E-state index contributed by atoms with van der Waals surface area (Å²) < 4.78 is 17.3. The van der Waals surface area contributed by atoms with Gasteiger partial charge >= 0.3 is 0 Å². The lowest BCUT2D eigenvalue weighted by molar-refractivity contribution is 0.414. The van der Waals surface area contributed by atoms with Crippen LogP contribution in [0.15, 0.2) is 53.4 Å². The Morgan fingerprint density at radius 3 is 2.58 bits per heavy atom. The van der Waals surface area contributed by atoms with Crippen LogP contribution in [0.5, 0.6) is 5.75 Å². The second-order valence-corrected chi connectivity index (χ2v) is 5.43. The molecule has 0 aromatic heterocycles. The smallest absolute Gasteiger partial charge is 0.118 e. The Morgan fingerprint density at radius 1 is 1.21 bits per heavy atom. The largest absolute Gasteiger partial charge is 0.497 e. The standard InChI is InChI=1S/C15H13NO2S/c1-18-14-5-7-15(8-6-14)19(17)11-13-4-2-3-12(9-13)10-16/h2-9H,11H2,1H3. The minimum absolute atomic E-state index is 0.405. The summed E-state index contributed by atoms with van der Waals surface area (Å²) in [5, 5.41) is 8.83. The van der Waals surface area contributed by atoms with E-state index >= 15 is 0 Å². The number of methoxy groups -OCH3 is 1. The second-order valence-electron chi connectivity index (χ2n) is 3.98. The maximum Gasteiger partial charge on any atom is 0.118 e. The monoisotopic (exact) mass is 271 g/mol. The average Bonchev–Trinajstić information content (AvgIpc) is 2.47. The van der Waals surface area contributed by atoms with E-state index in [1.165, 1.54) is 0 Å². The predicted octanol–water partition coefficient (Wildman–Crippen LogP) is 2.87. The van der Waals surface area contributed by atoms with E-state index in [9.17, 15) is 4.21 Å². The summed E-state index contributed by atoms with van der Waals surface area (Å²) >= 11 is 0. The first-order valence-corrected chi connectivity index (χ1v) is 7.06. The van der Waals surface area contributed by atoms with Crippen LogP contribution in [-0.2, 0) is 16.6 Å². The summed E-state index contributed by atoms with van der Waals surface area (Å²) in [5.41, 5.74) is 1.48. The number of nitrogens with zero attached hydrogens (tertiary/aromatic N) is 1. The number of hydrogen-bond donors (Lipinski definition) is 0. The number of hydrogen-bond acceptors (Lipinski definition) is 3. The van der Waals surface area contributed by atoms with E-state index in [4.69, 9.17) is 10.00 Å². The molecule has 0 heterocycles. The highest BCUT2D eigenvalue weighted by Gasteiger charge is 2.06. The molecule has 0 radical (unpaired) electrons. The fraction of sp³-hybridized carbons (Fsp3) is 0.133. The van der Waals surface area contributed by atoms with Gasteiger partial charge in [0.25, 0.3) is 0 Å². The molecule has 4 heteroatoms. The lowest BCUT2D eigenvalue weighted by Crippen LogP contribution is -1.97. The molecule has 0 fully saturated rings. The third kappa shape index (κ3) is 3.43. The topological polar surface area (TPSA) is 50.1 Å². The van der Waals surface area contributed by atoms with Crippen LogP contribution in [0.1, 0.15) is 11.1 Å². The maximum atomic E-state index is 12.2. The van der Waals surface area contributed by atoms with Gasteiger partial charge in [0.2, 0.25) is 0 Å². The Morgan fingerprint density at radius 2 is 1.95 bits per heavy atom. The Labute approximate surface area is 114 Å². The Hall–Kier alpha value is -2.12. The first-order valence-electron chi connectivity index (χ1n) is 5.74. The Kier molecular flexibility index (Phi) is 4.32. The molecule has 0 aliphatic carbocycles. The SMILES string of the molecule is COc1ccc(S(=O)Cc2cccc(C#N)c2)cc1. The van der Waals surface area contributed by atoms with Crippen LogP contribution in [0.4, 0.5) is 0 Å². The van der Waals surface area contributed by atoms with Crippen molar-refractivity contribution in [3.8, 4) is 11.8 Å². The maximum absolute atomic E-state index is 12.2. The first kappa shape index (κ1) is 13.3. The third-order valence-corrected chi connectivity index (χ3v) is 4.07. The van der Waals surface area contributed by atoms with Crippen LogP contribution in [0, 0.1) is 11.3 Å². The molecule has 2 aromatic carbocycles. The van der Waals surface area contributed by atoms with Gasteiger partial charge in [-0.25, -0.2) is 0 Å². The molecule has 1 atom stereocenters. The van der Waals surface area contributed by atoms with Gasteiger partial charge < -0.3 is 4.74 Å². The number of ether oxygens (including phenoxy) is 1.